The molecule has 5 aromatic rings. The number of halogens is 4. The lowest BCUT2D eigenvalue weighted by Crippen LogP contribution is -2.43. The predicted octanol–water partition coefficient (Wildman–Crippen LogP) is 10.8. The van der Waals surface area contributed by atoms with Crippen LogP contribution < -0.4 is 16.0 Å². The third-order valence-corrected chi connectivity index (χ3v) is 12.4. The summed E-state index contributed by atoms with van der Waals surface area (Å²) in [6, 6.07) is 10.3. The van der Waals surface area contributed by atoms with Gasteiger partial charge in [-0.25, -0.2) is 14.4 Å². The van der Waals surface area contributed by atoms with Crippen LogP contribution in [-0.4, -0.2) is 80.2 Å². The molecule has 1 aliphatic carbocycles. The van der Waals surface area contributed by atoms with E-state index in [4.69, 9.17) is 14.8 Å². The Kier molecular flexibility index (Phi) is 22.4. The zero-order valence-corrected chi connectivity index (χ0v) is 42.9. The molecule has 0 radical (unpaired) electrons. The zero-order chi connectivity index (χ0) is 52.2. The Balaban J connectivity index is 0.000000307. The number of allylic oxidation sites excluding steroid dienone is 4. The van der Waals surface area contributed by atoms with Gasteiger partial charge in [-0.05, 0) is 104 Å². The Labute approximate surface area is 416 Å². The maximum absolute atomic E-state index is 13.3. The van der Waals surface area contributed by atoms with Crippen molar-refractivity contribution in [2.24, 2.45) is 16.7 Å². The van der Waals surface area contributed by atoms with Crippen LogP contribution in [0.2, 0.25) is 0 Å². The summed E-state index contributed by atoms with van der Waals surface area (Å²) in [6.07, 6.45) is 14.0. The number of nitrogens with zero attached hydrogens (tertiary/aromatic N) is 6. The van der Waals surface area contributed by atoms with Crippen LogP contribution in [0.5, 0.6) is 0 Å². The lowest BCUT2D eigenvalue weighted by atomic mass is 9.84. The van der Waals surface area contributed by atoms with Gasteiger partial charge in [-0.1, -0.05) is 79.5 Å². The first-order chi connectivity index (χ1) is 33.7. The molecule has 4 aromatic heterocycles. The maximum atomic E-state index is 13.3. The summed E-state index contributed by atoms with van der Waals surface area (Å²) in [4.78, 5) is 51.4. The Morgan fingerprint density at radius 1 is 0.789 bits per heavy atom. The number of carbonyl (C=O) groups excluding carboxylic acids is 3. The third kappa shape index (κ3) is 19.6. The molecule has 0 fully saturated rings. The average molecular weight is 990 g/mol. The Hall–Kier alpha value is -5.97. The molecule has 13 nitrogen and oxygen atoms in total. The number of alkyl halides is 3. The second-order valence-corrected chi connectivity index (χ2v) is 20.4. The van der Waals surface area contributed by atoms with Crippen LogP contribution in [0, 0.1) is 22.6 Å². The second-order valence-electron chi connectivity index (χ2n) is 20.4. The monoisotopic (exact) mass is 990 g/mol. The molecule has 4 heterocycles. The summed E-state index contributed by atoms with van der Waals surface area (Å²) >= 11 is 0. The summed E-state index contributed by atoms with van der Waals surface area (Å²) < 4.78 is 59.0. The van der Waals surface area contributed by atoms with Crippen LogP contribution in [0.3, 0.4) is 0 Å². The highest BCUT2D eigenvalue weighted by Crippen LogP contribution is 2.30. The van der Waals surface area contributed by atoms with Crippen molar-refractivity contribution in [2.75, 3.05) is 20.1 Å². The van der Waals surface area contributed by atoms with E-state index >= 15 is 0 Å². The molecular weight excluding hydrogens is 915 g/mol. The Bertz CT molecular complexity index is 2500. The minimum atomic E-state index is -4.68. The lowest BCUT2D eigenvalue weighted by Gasteiger charge is -2.31. The zero-order valence-electron chi connectivity index (χ0n) is 42.9. The molecule has 17 heteroatoms. The normalized spacial score (nSPS) is 13.8. The van der Waals surface area contributed by atoms with Gasteiger partial charge >= 0.3 is 6.36 Å². The number of ether oxygens (including phenoxy) is 1. The van der Waals surface area contributed by atoms with Crippen molar-refractivity contribution in [3.05, 3.63) is 108 Å². The number of amides is 2. The number of imidazole rings is 2. The number of fused-ring (bicyclic) bond motifs is 2. The van der Waals surface area contributed by atoms with Gasteiger partial charge < -0.3 is 34.6 Å². The first-order valence-corrected chi connectivity index (χ1v) is 24.7. The highest BCUT2D eigenvalue weighted by molar-refractivity contribution is 5.78. The molecule has 2 atom stereocenters. The van der Waals surface area contributed by atoms with Gasteiger partial charge in [0.25, 0.3) is 0 Å². The van der Waals surface area contributed by atoms with Crippen molar-refractivity contribution in [3.8, 4) is 0 Å². The lowest BCUT2D eigenvalue weighted by molar-refractivity contribution is -0.306. The minimum Gasteiger partial charge on any atom is -0.410 e. The van der Waals surface area contributed by atoms with E-state index < -0.39 is 6.36 Å². The average Bonchev–Trinajstić information content (AvgIpc) is 3.85. The number of aromatic nitrogens is 6. The molecule has 3 N–H and O–H groups in total. The fourth-order valence-electron chi connectivity index (χ4n) is 8.47. The topological polar surface area (TPSA) is 158 Å². The number of aryl methyl sites for hydroxylation is 2. The van der Waals surface area contributed by atoms with Gasteiger partial charge in [-0.3, -0.25) is 19.6 Å². The molecule has 0 saturated heterocycles. The quantitative estimate of drug-likeness (QED) is 0.0574. The molecule has 0 saturated carbocycles. The first kappa shape index (κ1) is 57.6. The van der Waals surface area contributed by atoms with Gasteiger partial charge in [-0.2, -0.15) is 0 Å². The molecule has 1 aromatic carbocycles. The molecule has 2 amide bonds. The molecule has 0 spiro atoms. The molecule has 0 bridgehead atoms. The second kappa shape index (κ2) is 27.6. The number of benzene rings is 1. The fraction of sp³-hybridized carbons (Fsp3) is 0.537. The van der Waals surface area contributed by atoms with E-state index in [1.807, 2.05) is 30.5 Å². The number of hydrogen-bond donors (Lipinski definition) is 3. The van der Waals surface area contributed by atoms with E-state index in [0.29, 0.717) is 63.1 Å². The highest BCUT2D eigenvalue weighted by atomic mass is 19.4. The number of hydrogen-bond acceptors (Lipinski definition) is 9. The molecule has 388 valence electrons. The minimum absolute atomic E-state index is 0.00855. The SMILES string of the molecule is C=O.CCCC(NC(=O)CCc1nc2ccncc2n1Cc1ccc(F)cc1)C(C)(C)C.CNCCC(CCCC(C)(C)C)CNC(=O)CCc1nc2ccncc2n1CC1=CC=C(OC(F)(F)F)CC1. The fourth-order valence-corrected chi connectivity index (χ4v) is 8.47. The summed E-state index contributed by atoms with van der Waals surface area (Å²) in [7, 11) is 1.95. The van der Waals surface area contributed by atoms with Crippen molar-refractivity contribution < 1.29 is 36.7 Å². The van der Waals surface area contributed by atoms with Gasteiger partial charge in [-0.15, -0.1) is 13.2 Å². The van der Waals surface area contributed by atoms with Crippen molar-refractivity contribution in [3.63, 3.8) is 0 Å². The maximum Gasteiger partial charge on any atom is 0.572 e. The number of carbonyl (C=O) groups is 3. The van der Waals surface area contributed by atoms with Crippen molar-refractivity contribution in [1.82, 2.24) is 45.0 Å². The van der Waals surface area contributed by atoms with E-state index in [1.165, 1.54) is 18.2 Å². The predicted molar refractivity (Wildman–Crippen MR) is 272 cm³/mol. The Morgan fingerprint density at radius 3 is 1.90 bits per heavy atom. The van der Waals surface area contributed by atoms with E-state index in [2.05, 4.69) is 83.7 Å². The first-order valence-electron chi connectivity index (χ1n) is 24.7. The molecular formula is C54H75F4N9O4. The summed E-state index contributed by atoms with van der Waals surface area (Å²) in [5.74, 6) is 1.71. The summed E-state index contributed by atoms with van der Waals surface area (Å²) in [5.41, 5.74) is 5.63. The van der Waals surface area contributed by atoms with Gasteiger partial charge in [0, 0.05) is 70.2 Å². The summed E-state index contributed by atoms with van der Waals surface area (Å²) in [6.45, 7) is 20.0. The van der Waals surface area contributed by atoms with Gasteiger partial charge in [0.05, 0.1) is 34.5 Å². The molecule has 6 rings (SSSR count). The van der Waals surface area contributed by atoms with Crippen molar-refractivity contribution in [1.29, 1.82) is 0 Å². The third-order valence-electron chi connectivity index (χ3n) is 12.4. The molecule has 0 aliphatic heterocycles. The molecule has 2 unspecified atom stereocenters. The molecule has 1 aliphatic rings. The van der Waals surface area contributed by atoms with E-state index in [9.17, 15) is 27.2 Å². The molecule has 71 heavy (non-hydrogen) atoms. The van der Waals surface area contributed by atoms with Crippen LogP contribution >= 0.6 is 0 Å². The Morgan fingerprint density at radius 2 is 1.38 bits per heavy atom. The van der Waals surface area contributed by atoms with Gasteiger partial charge in [0.15, 0.2) is 0 Å². The van der Waals surface area contributed by atoms with E-state index in [0.717, 1.165) is 89.9 Å². The highest BCUT2D eigenvalue weighted by Gasteiger charge is 2.32. The van der Waals surface area contributed by atoms with Crippen LogP contribution in [0.25, 0.3) is 22.1 Å². The van der Waals surface area contributed by atoms with Crippen LogP contribution in [0.15, 0.2) is 84.7 Å². The summed E-state index contributed by atoms with van der Waals surface area (Å²) in [5, 5.41) is 9.54. The van der Waals surface area contributed by atoms with Crippen LogP contribution in [-0.2, 0) is 45.1 Å². The smallest absolute Gasteiger partial charge is 0.410 e. The van der Waals surface area contributed by atoms with Crippen LogP contribution in [0.4, 0.5) is 17.6 Å². The van der Waals surface area contributed by atoms with Gasteiger partial charge in [0.2, 0.25) is 11.8 Å². The number of nitrogens with one attached hydrogen (secondary N) is 3. The standard InChI is InChI=1S/C29H42F3N5O2.C24H31FN4O.CH2O/c1-28(2,3)15-5-6-21(13-16-33-4)18-35-27(38)12-11-26-36-24-14-17-34-19-25(24)37(26)20-22-7-9-23(10-8-22)39-29(30,31)32;1-5-6-21(24(2,3)4)28-23(30)12-11-22-27-19-13-14-26-15-20(19)29(22)16-17-7-9-18(25)10-8-17;1-2/h7,9,14,17,19,21,33H,5-6,8,10-13,15-16,18,20H2,1-4H3,(H,35,38);7-10,13-15,21H,5-6,11-12,16H2,1-4H3,(H,28,30);1H2. The van der Waals surface area contributed by atoms with E-state index in [1.54, 1.807) is 43.0 Å². The van der Waals surface area contributed by atoms with Crippen LogP contribution in [0.1, 0.15) is 130 Å². The number of pyridine rings is 2. The largest absolute Gasteiger partial charge is 0.572 e. The van der Waals surface area contributed by atoms with Crippen molar-refractivity contribution in [2.45, 2.75) is 151 Å². The van der Waals surface area contributed by atoms with Crippen molar-refractivity contribution >= 4 is 40.7 Å². The number of rotatable bonds is 22. The van der Waals surface area contributed by atoms with Gasteiger partial charge in [0.1, 0.15) is 30.0 Å². The van der Waals surface area contributed by atoms with E-state index in [-0.39, 0.29) is 41.3 Å².